The van der Waals surface area contributed by atoms with E-state index in [2.05, 4.69) is 15.3 Å². The predicted octanol–water partition coefficient (Wildman–Crippen LogP) is 7.42. The molecule has 10 nitrogen and oxygen atoms in total. The number of hydrogen-bond donors (Lipinski definition) is 1. The number of allylic oxidation sites excluding steroid dienone is 3. The minimum Gasteiger partial charge on any atom is -0.493 e. The van der Waals surface area contributed by atoms with Gasteiger partial charge in [0.1, 0.15) is 5.70 Å². The number of halogens is 5. The van der Waals surface area contributed by atoms with Crippen LogP contribution in [0.25, 0.3) is 10.9 Å². The smallest absolute Gasteiger partial charge is 0.431 e. The number of aryl methyl sites for hydroxylation is 1. The molecule has 252 valence electrons. The van der Waals surface area contributed by atoms with Gasteiger partial charge < -0.3 is 24.3 Å². The van der Waals surface area contributed by atoms with Gasteiger partial charge in [-0.15, -0.1) is 0 Å². The summed E-state index contributed by atoms with van der Waals surface area (Å²) in [5.74, 6) is -2.73. The van der Waals surface area contributed by atoms with Crippen LogP contribution in [-0.2, 0) is 9.59 Å². The van der Waals surface area contributed by atoms with Gasteiger partial charge in [-0.2, -0.15) is 13.2 Å². The zero-order valence-corrected chi connectivity index (χ0v) is 26.2. The van der Waals surface area contributed by atoms with E-state index in [1.165, 1.54) is 52.3 Å². The van der Waals surface area contributed by atoms with Crippen LogP contribution >= 0.6 is 0 Å². The number of ether oxygens (including phenoxy) is 4. The third kappa shape index (κ3) is 7.79. The van der Waals surface area contributed by atoms with Crippen LogP contribution in [0.2, 0.25) is 0 Å². The first-order chi connectivity index (χ1) is 22.8. The first kappa shape index (κ1) is 35.1. The maximum Gasteiger partial charge on any atom is 0.431 e. The molecule has 1 N–H and O–H groups in total. The number of rotatable bonds is 12. The molecule has 0 saturated carbocycles. The van der Waals surface area contributed by atoms with E-state index in [1.807, 2.05) is 0 Å². The quantitative estimate of drug-likeness (QED) is 0.0717. The highest BCUT2D eigenvalue weighted by Gasteiger charge is 2.38. The molecule has 0 radical (unpaired) electrons. The highest BCUT2D eigenvalue weighted by Crippen LogP contribution is 2.39. The third-order valence-electron chi connectivity index (χ3n) is 6.80. The summed E-state index contributed by atoms with van der Waals surface area (Å²) >= 11 is 0. The number of benzene rings is 2. The predicted molar refractivity (Wildman–Crippen MR) is 166 cm³/mol. The Morgan fingerprint density at radius 1 is 0.958 bits per heavy atom. The average molecular weight is 673 g/mol. The Labute approximate surface area is 271 Å². The molecule has 0 spiro atoms. The molecule has 2 aromatic carbocycles. The second-order valence-electron chi connectivity index (χ2n) is 9.98. The van der Waals surface area contributed by atoms with Crippen molar-refractivity contribution in [1.82, 2.24) is 9.97 Å². The Hall–Kier alpha value is -5.73. The zero-order valence-electron chi connectivity index (χ0n) is 26.2. The summed E-state index contributed by atoms with van der Waals surface area (Å²) in [7, 11) is 2.80. The van der Waals surface area contributed by atoms with Crippen molar-refractivity contribution in [2.45, 2.75) is 26.9 Å². The lowest BCUT2D eigenvalue weighted by Gasteiger charge is -2.24. The fourth-order valence-corrected chi connectivity index (χ4v) is 4.41. The van der Waals surface area contributed by atoms with Crippen molar-refractivity contribution in [3.8, 4) is 28.9 Å². The number of methoxy groups -OCH3 is 2. The summed E-state index contributed by atoms with van der Waals surface area (Å²) in [6.45, 7) is 4.70. The number of pyridine rings is 2. The van der Waals surface area contributed by atoms with Gasteiger partial charge in [0.25, 0.3) is 5.91 Å². The van der Waals surface area contributed by atoms with Gasteiger partial charge in [0, 0.05) is 34.8 Å². The molecule has 4 rings (SSSR count). The molecule has 2 amide bonds. The van der Waals surface area contributed by atoms with Gasteiger partial charge in [0.15, 0.2) is 34.6 Å². The fourth-order valence-electron chi connectivity index (χ4n) is 4.41. The SMILES string of the molecule is CCOc1cc(C)c(N(C=O)/C(=C\C=C(/C)C(=O)Nc2ccc(Oc3c(F)cnc4cc(OC)c(OC)cc34)c(F)c2)C(F)(F)F)cn1. The molecule has 48 heavy (non-hydrogen) atoms. The fraction of sp³-hybridized carbons (Fsp3) is 0.212. The monoisotopic (exact) mass is 672 g/mol. The Balaban J connectivity index is 1.56. The Kier molecular flexibility index (Phi) is 10.8. The van der Waals surface area contributed by atoms with Gasteiger partial charge in [-0.05, 0) is 50.6 Å². The van der Waals surface area contributed by atoms with Crippen molar-refractivity contribution in [2.24, 2.45) is 0 Å². The van der Waals surface area contributed by atoms with Crippen LogP contribution in [0.4, 0.5) is 33.3 Å². The molecule has 0 fully saturated rings. The van der Waals surface area contributed by atoms with E-state index in [4.69, 9.17) is 18.9 Å². The number of anilines is 2. The molecule has 4 aromatic rings. The van der Waals surface area contributed by atoms with Crippen LogP contribution < -0.4 is 29.2 Å². The van der Waals surface area contributed by atoms with Crippen LogP contribution in [0.3, 0.4) is 0 Å². The van der Waals surface area contributed by atoms with Crippen molar-refractivity contribution in [2.75, 3.05) is 31.0 Å². The number of nitrogens with one attached hydrogen (secondary N) is 1. The number of hydrogen-bond acceptors (Lipinski definition) is 8. The molecule has 2 aromatic heterocycles. The zero-order chi connectivity index (χ0) is 35.2. The average Bonchev–Trinajstić information content (AvgIpc) is 3.04. The Morgan fingerprint density at radius 3 is 2.27 bits per heavy atom. The number of amides is 2. The summed E-state index contributed by atoms with van der Waals surface area (Å²) in [6, 6.07) is 7.57. The molecule has 0 atom stereocenters. The maximum atomic E-state index is 15.1. The van der Waals surface area contributed by atoms with Gasteiger partial charge in [0.05, 0.1) is 44.4 Å². The summed E-state index contributed by atoms with van der Waals surface area (Å²) in [4.78, 5) is 32.9. The number of carbonyl (C=O) groups is 2. The van der Waals surface area contributed by atoms with E-state index in [1.54, 1.807) is 6.92 Å². The van der Waals surface area contributed by atoms with E-state index in [0.29, 0.717) is 16.7 Å². The van der Waals surface area contributed by atoms with E-state index < -0.39 is 35.2 Å². The summed E-state index contributed by atoms with van der Waals surface area (Å²) < 4.78 is 93.3. The first-order valence-corrected chi connectivity index (χ1v) is 14.1. The molecule has 0 saturated heterocycles. The largest absolute Gasteiger partial charge is 0.493 e. The van der Waals surface area contributed by atoms with Gasteiger partial charge in [-0.25, -0.2) is 13.8 Å². The molecule has 0 unspecified atom stereocenters. The molecule has 15 heteroatoms. The lowest BCUT2D eigenvalue weighted by Crippen LogP contribution is -2.31. The van der Waals surface area contributed by atoms with Crippen molar-refractivity contribution < 1.29 is 50.5 Å². The normalized spacial score (nSPS) is 12.0. The Morgan fingerprint density at radius 2 is 1.67 bits per heavy atom. The topological polar surface area (TPSA) is 112 Å². The summed E-state index contributed by atoms with van der Waals surface area (Å²) in [6.07, 6.45) is -1.63. The lowest BCUT2D eigenvalue weighted by molar-refractivity contribution is -0.112. The van der Waals surface area contributed by atoms with Crippen molar-refractivity contribution >= 4 is 34.6 Å². The van der Waals surface area contributed by atoms with E-state index in [0.717, 1.165) is 30.6 Å². The van der Waals surface area contributed by atoms with Crippen molar-refractivity contribution in [3.05, 3.63) is 89.4 Å². The molecule has 0 aliphatic rings. The minimum atomic E-state index is -5.00. The van der Waals surface area contributed by atoms with Crippen LogP contribution in [0.15, 0.2) is 72.2 Å². The van der Waals surface area contributed by atoms with Crippen LogP contribution in [0.5, 0.6) is 28.9 Å². The number of alkyl halides is 3. The van der Waals surface area contributed by atoms with Crippen molar-refractivity contribution in [3.63, 3.8) is 0 Å². The molecular weight excluding hydrogens is 643 g/mol. The van der Waals surface area contributed by atoms with Crippen molar-refractivity contribution in [1.29, 1.82) is 0 Å². The molecular formula is C33H29F5N4O6. The number of aromatic nitrogens is 2. The lowest BCUT2D eigenvalue weighted by atomic mass is 10.1. The highest BCUT2D eigenvalue weighted by molar-refractivity contribution is 6.03. The van der Waals surface area contributed by atoms with E-state index in [-0.39, 0.29) is 63.8 Å². The number of fused-ring (bicyclic) bond motifs is 1. The van der Waals surface area contributed by atoms with Crippen LogP contribution in [0, 0.1) is 18.6 Å². The van der Waals surface area contributed by atoms with E-state index >= 15 is 4.39 Å². The number of nitrogens with zero attached hydrogens (tertiary/aromatic N) is 3. The summed E-state index contributed by atoms with van der Waals surface area (Å²) in [5, 5.41) is 2.54. The second-order valence-corrected chi connectivity index (χ2v) is 9.98. The third-order valence-corrected chi connectivity index (χ3v) is 6.80. The molecule has 0 bridgehead atoms. The Bertz CT molecular complexity index is 1910. The van der Waals surface area contributed by atoms with Crippen LogP contribution in [0.1, 0.15) is 19.4 Å². The molecule has 0 aliphatic carbocycles. The minimum absolute atomic E-state index is 0.0205. The van der Waals surface area contributed by atoms with Gasteiger partial charge in [0.2, 0.25) is 12.3 Å². The molecule has 0 aliphatic heterocycles. The van der Waals surface area contributed by atoms with Crippen LogP contribution in [-0.4, -0.2) is 49.3 Å². The highest BCUT2D eigenvalue weighted by atomic mass is 19.4. The first-order valence-electron chi connectivity index (χ1n) is 14.1. The number of carbonyl (C=O) groups excluding carboxylic acids is 2. The maximum absolute atomic E-state index is 15.1. The molecule has 2 heterocycles. The van der Waals surface area contributed by atoms with E-state index in [9.17, 15) is 27.2 Å². The second kappa shape index (κ2) is 14.8. The van der Waals surface area contributed by atoms with Gasteiger partial charge in [-0.3, -0.25) is 19.5 Å². The standard InChI is InChI=1S/C33H29F5N4O6/c1-6-47-30-11-19(3)25(16-40-30)42(17-43)29(33(36,37)38)10-7-18(2)32(44)41-20-8-9-26(22(34)12-20)48-31-21-13-27(45-4)28(46-5)14-24(21)39-15-23(31)35/h7-17H,6H2,1-5H3,(H,41,44)/b18-7+,29-10-. The summed E-state index contributed by atoms with van der Waals surface area (Å²) in [5.41, 5.74) is -1.26. The van der Waals surface area contributed by atoms with Gasteiger partial charge in [-0.1, -0.05) is 6.08 Å². The van der Waals surface area contributed by atoms with Gasteiger partial charge >= 0.3 is 6.18 Å².